The first-order chi connectivity index (χ1) is 17.4. The lowest BCUT2D eigenvalue weighted by Crippen LogP contribution is -2.38. The lowest BCUT2D eigenvalue weighted by Gasteiger charge is -2.36. The number of benzene rings is 2. The topological polar surface area (TPSA) is 103 Å². The lowest BCUT2D eigenvalue weighted by atomic mass is 9.89. The van der Waals surface area contributed by atoms with Crippen LogP contribution in [-0.2, 0) is 33.8 Å². The van der Waals surface area contributed by atoms with E-state index >= 15 is 0 Å². The molecule has 0 unspecified atom stereocenters. The van der Waals surface area contributed by atoms with Gasteiger partial charge in [-0.2, -0.15) is 5.10 Å². The standard InChI is InChI=1S/C26H28ClN3O6/c1-3-29-20(14-17(2)28-29)11-13-34-26(33)36-30-12-10-18-6-4-5-7-21(18)25(30)22-15-19(27)8-9-23(22)35-16-24(31)32/h4-9,14-15,25H,3,10-13,16H2,1-2H3,(H,31,32)/t25-/m0/s1. The van der Waals surface area contributed by atoms with E-state index in [0.29, 0.717) is 35.7 Å². The molecule has 0 bridgehead atoms. The molecule has 2 heterocycles. The minimum Gasteiger partial charge on any atom is -0.482 e. The van der Waals surface area contributed by atoms with Gasteiger partial charge in [0.1, 0.15) is 12.4 Å². The van der Waals surface area contributed by atoms with Gasteiger partial charge in [0, 0.05) is 35.8 Å². The highest BCUT2D eigenvalue weighted by Crippen LogP contribution is 2.40. The van der Waals surface area contributed by atoms with Gasteiger partial charge in [-0.1, -0.05) is 35.9 Å². The van der Waals surface area contributed by atoms with Crippen molar-refractivity contribution in [3.63, 3.8) is 0 Å². The molecule has 3 aromatic rings. The zero-order chi connectivity index (χ0) is 25.7. The largest absolute Gasteiger partial charge is 0.527 e. The molecule has 1 aromatic heterocycles. The number of aliphatic carboxylic acids is 1. The van der Waals surface area contributed by atoms with Crippen LogP contribution in [0.15, 0.2) is 48.5 Å². The third-order valence-electron chi connectivity index (χ3n) is 5.91. The van der Waals surface area contributed by atoms with Crippen LogP contribution in [0.2, 0.25) is 5.02 Å². The van der Waals surface area contributed by atoms with Crippen molar-refractivity contribution >= 4 is 23.7 Å². The Bertz CT molecular complexity index is 1240. The molecular weight excluding hydrogens is 486 g/mol. The third kappa shape index (κ3) is 5.98. The normalized spacial score (nSPS) is 15.2. The van der Waals surface area contributed by atoms with E-state index in [-0.39, 0.29) is 6.61 Å². The van der Waals surface area contributed by atoms with Gasteiger partial charge in [-0.3, -0.25) is 4.68 Å². The molecule has 190 valence electrons. The van der Waals surface area contributed by atoms with Gasteiger partial charge in [0.2, 0.25) is 0 Å². The zero-order valence-electron chi connectivity index (χ0n) is 20.1. The number of carbonyl (C=O) groups excluding carboxylic acids is 1. The van der Waals surface area contributed by atoms with Crippen LogP contribution >= 0.6 is 11.6 Å². The molecule has 1 aliphatic rings. The molecular formula is C26H28ClN3O6. The third-order valence-corrected chi connectivity index (χ3v) is 6.15. The monoisotopic (exact) mass is 513 g/mol. The van der Waals surface area contributed by atoms with Crippen LogP contribution in [0.4, 0.5) is 4.79 Å². The van der Waals surface area contributed by atoms with Crippen molar-refractivity contribution in [2.75, 3.05) is 19.8 Å². The molecule has 0 fully saturated rings. The Morgan fingerprint density at radius 3 is 2.75 bits per heavy atom. The number of halogens is 1. The number of fused-ring (bicyclic) bond motifs is 1. The van der Waals surface area contributed by atoms with Crippen molar-refractivity contribution in [2.45, 2.75) is 39.3 Å². The van der Waals surface area contributed by atoms with Crippen LogP contribution in [0.3, 0.4) is 0 Å². The number of aromatic nitrogens is 2. The number of nitrogens with zero attached hydrogens (tertiary/aromatic N) is 3. The summed E-state index contributed by atoms with van der Waals surface area (Å²) >= 11 is 6.30. The fourth-order valence-electron chi connectivity index (χ4n) is 4.40. The maximum atomic E-state index is 12.7. The number of hydroxylamine groups is 2. The molecule has 0 saturated heterocycles. The summed E-state index contributed by atoms with van der Waals surface area (Å²) in [6.07, 6.45) is 0.340. The van der Waals surface area contributed by atoms with Crippen molar-refractivity contribution in [3.05, 3.63) is 81.6 Å². The summed E-state index contributed by atoms with van der Waals surface area (Å²) in [4.78, 5) is 29.5. The number of hydrogen-bond acceptors (Lipinski definition) is 7. The SMILES string of the molecule is CCn1nc(C)cc1CCOC(=O)ON1CCc2ccccc2[C@H]1c1cc(Cl)ccc1OCC(=O)O. The molecule has 0 radical (unpaired) electrons. The summed E-state index contributed by atoms with van der Waals surface area (Å²) in [6.45, 7) is 4.69. The second-order valence-corrected chi connectivity index (χ2v) is 8.83. The maximum Gasteiger partial charge on any atom is 0.527 e. The molecule has 1 atom stereocenters. The van der Waals surface area contributed by atoms with E-state index in [1.165, 1.54) is 5.06 Å². The minimum absolute atomic E-state index is 0.142. The maximum absolute atomic E-state index is 12.7. The van der Waals surface area contributed by atoms with E-state index in [1.54, 1.807) is 18.2 Å². The van der Waals surface area contributed by atoms with E-state index in [1.807, 2.05) is 48.9 Å². The van der Waals surface area contributed by atoms with Gasteiger partial charge in [0.25, 0.3) is 0 Å². The van der Waals surface area contributed by atoms with Crippen LogP contribution in [0.25, 0.3) is 0 Å². The van der Waals surface area contributed by atoms with E-state index < -0.39 is 24.8 Å². The van der Waals surface area contributed by atoms with Crippen LogP contribution < -0.4 is 4.74 Å². The zero-order valence-corrected chi connectivity index (χ0v) is 20.9. The summed E-state index contributed by atoms with van der Waals surface area (Å²) in [5, 5.41) is 15.5. The Hall–Kier alpha value is -3.56. The Morgan fingerprint density at radius 2 is 1.97 bits per heavy atom. The molecule has 0 aliphatic carbocycles. The Kier molecular flexibility index (Phi) is 8.12. The first kappa shape index (κ1) is 25.5. The second kappa shape index (κ2) is 11.5. The number of carbonyl (C=O) groups is 2. The molecule has 9 nitrogen and oxygen atoms in total. The van der Waals surface area contributed by atoms with Gasteiger partial charge >= 0.3 is 12.1 Å². The molecule has 0 spiro atoms. The Labute approximate surface area is 214 Å². The fourth-order valence-corrected chi connectivity index (χ4v) is 4.58. The van der Waals surface area contributed by atoms with Gasteiger partial charge in [0.15, 0.2) is 6.61 Å². The molecule has 0 amide bonds. The van der Waals surface area contributed by atoms with Crippen molar-refractivity contribution in [3.8, 4) is 5.75 Å². The highest BCUT2D eigenvalue weighted by molar-refractivity contribution is 6.30. The van der Waals surface area contributed by atoms with E-state index in [2.05, 4.69) is 5.10 Å². The van der Waals surface area contributed by atoms with E-state index in [0.717, 1.165) is 29.1 Å². The van der Waals surface area contributed by atoms with Crippen LogP contribution in [0.5, 0.6) is 5.75 Å². The predicted molar refractivity (Wildman–Crippen MR) is 132 cm³/mol. The number of hydrogen-bond donors (Lipinski definition) is 1. The molecule has 36 heavy (non-hydrogen) atoms. The lowest BCUT2D eigenvalue weighted by molar-refractivity contribution is -0.151. The molecule has 1 aliphatic heterocycles. The molecule has 0 saturated carbocycles. The van der Waals surface area contributed by atoms with Gasteiger partial charge in [-0.15, -0.1) is 5.06 Å². The summed E-state index contributed by atoms with van der Waals surface area (Å²) in [5.41, 5.74) is 4.47. The number of ether oxygens (including phenoxy) is 2. The molecule has 1 N–H and O–H groups in total. The first-order valence-electron chi connectivity index (χ1n) is 11.7. The van der Waals surface area contributed by atoms with E-state index in [9.17, 15) is 9.59 Å². The molecule has 10 heteroatoms. The predicted octanol–water partition coefficient (Wildman–Crippen LogP) is 4.59. The average molecular weight is 514 g/mol. The number of carboxylic acid groups (broad SMARTS) is 1. The number of rotatable bonds is 9. The highest BCUT2D eigenvalue weighted by atomic mass is 35.5. The summed E-state index contributed by atoms with van der Waals surface area (Å²) in [5.74, 6) is -0.759. The van der Waals surface area contributed by atoms with Crippen molar-refractivity contribution in [1.82, 2.24) is 14.8 Å². The number of carboxylic acids is 1. The Morgan fingerprint density at radius 1 is 1.17 bits per heavy atom. The van der Waals surface area contributed by atoms with Gasteiger partial charge in [0.05, 0.1) is 11.7 Å². The average Bonchev–Trinajstić information content (AvgIpc) is 3.22. The second-order valence-electron chi connectivity index (χ2n) is 8.39. The highest BCUT2D eigenvalue weighted by Gasteiger charge is 2.34. The van der Waals surface area contributed by atoms with Gasteiger partial charge in [-0.05, 0) is 55.7 Å². The minimum atomic E-state index is -1.10. The molecule has 4 rings (SSSR count). The summed E-state index contributed by atoms with van der Waals surface area (Å²) in [7, 11) is 0. The van der Waals surface area contributed by atoms with E-state index in [4.69, 9.17) is 31.0 Å². The summed E-state index contributed by atoms with van der Waals surface area (Å²) in [6, 6.07) is 14.1. The quantitative estimate of drug-likeness (QED) is 0.414. The van der Waals surface area contributed by atoms with Crippen molar-refractivity contribution in [1.29, 1.82) is 0 Å². The molecule has 2 aromatic carbocycles. The smallest absolute Gasteiger partial charge is 0.482 e. The van der Waals surface area contributed by atoms with Gasteiger partial charge in [-0.25, -0.2) is 9.59 Å². The van der Waals surface area contributed by atoms with Crippen molar-refractivity contribution < 1.29 is 29.0 Å². The fraction of sp³-hybridized carbons (Fsp3) is 0.346. The van der Waals surface area contributed by atoms with Crippen LogP contribution in [0, 0.1) is 6.92 Å². The van der Waals surface area contributed by atoms with Crippen LogP contribution in [0.1, 0.15) is 41.0 Å². The first-order valence-corrected chi connectivity index (χ1v) is 12.1. The Balaban J connectivity index is 1.54. The number of aryl methyl sites for hydroxylation is 2. The van der Waals surface area contributed by atoms with Gasteiger partial charge < -0.3 is 19.4 Å². The summed E-state index contributed by atoms with van der Waals surface area (Å²) < 4.78 is 12.8. The van der Waals surface area contributed by atoms with Crippen molar-refractivity contribution in [2.24, 2.45) is 0 Å². The van der Waals surface area contributed by atoms with Crippen LogP contribution in [-0.4, -0.2) is 51.8 Å².